The molecule has 2 fully saturated rings. The molecule has 0 bridgehead atoms. The van der Waals surface area contributed by atoms with Crippen molar-refractivity contribution in [1.82, 2.24) is 0 Å². The largest absolute Gasteiger partial charge is 0.147 e. The van der Waals surface area contributed by atoms with Gasteiger partial charge in [0.2, 0.25) is 0 Å². The molecule has 2 saturated carbocycles. The van der Waals surface area contributed by atoms with Gasteiger partial charge in [0.1, 0.15) is 0 Å². The van der Waals surface area contributed by atoms with Crippen LogP contribution in [0.25, 0.3) is 34.4 Å². The average Bonchev–Trinajstić information content (AvgIpc) is 3.54. The summed E-state index contributed by atoms with van der Waals surface area (Å²) in [6.45, 7) is 15.7. The topological polar surface area (TPSA) is 0 Å². The van der Waals surface area contributed by atoms with Crippen LogP contribution in [0.4, 0.5) is 13.2 Å². The number of benzene rings is 4. The molecular weight excluding hydrogens is 944 g/mol. The maximum Gasteiger partial charge on any atom is -0.147 e. The van der Waals surface area contributed by atoms with Crippen LogP contribution in [0.5, 0.6) is 0 Å². The maximum absolute atomic E-state index is 15.2. The van der Waals surface area contributed by atoms with Gasteiger partial charge in [-0.15, -0.1) is 24.8 Å². The molecule has 0 saturated heterocycles. The van der Waals surface area contributed by atoms with Crippen molar-refractivity contribution in [2.75, 3.05) is 0 Å². The van der Waals surface area contributed by atoms with Gasteiger partial charge >= 0.3 is 384 Å². The summed E-state index contributed by atoms with van der Waals surface area (Å²) < 4.78 is 48.4. The van der Waals surface area contributed by atoms with Crippen molar-refractivity contribution >= 4 is 43.8 Å². The zero-order valence-corrected chi connectivity index (χ0v) is 46.0. The van der Waals surface area contributed by atoms with Gasteiger partial charge in [0, 0.05) is 0 Å². The fourth-order valence-corrected chi connectivity index (χ4v) is 36.6. The van der Waals surface area contributed by atoms with E-state index in [-0.39, 0.29) is 47.0 Å². The Bertz CT molecular complexity index is 2240. The summed E-state index contributed by atoms with van der Waals surface area (Å²) >= 11 is -4.87. The van der Waals surface area contributed by atoms with Gasteiger partial charge in [0.15, 0.2) is 0 Å². The predicted molar refractivity (Wildman–Crippen MR) is 279 cm³/mol. The standard InChI is InChI=1S/2C27H33.C3H4F3.CH3.2ClH.H2Si.Zr/c2*1-27(2,3)24-15-13-22(14-16-24)25-12-8-11-23-18-21(19-26(23)25)17-20-9-6-4-5-7-10-20;1-2-3(4,5)6;;;;;/h2*8,11-16,18-20H,4-7,9-10,17H2,1-3H3;1-2H2;1H3;2*1H;1H2;. The van der Waals surface area contributed by atoms with Gasteiger partial charge in [0.25, 0.3) is 0 Å². The third kappa shape index (κ3) is 11.3. The number of alkyl halides is 3. The van der Waals surface area contributed by atoms with Gasteiger partial charge in [-0.05, 0) is 0 Å². The van der Waals surface area contributed by atoms with E-state index in [4.69, 9.17) is 0 Å². The summed E-state index contributed by atoms with van der Waals surface area (Å²) in [6, 6.07) is 32.0. The average molecular weight is 1020 g/mol. The summed E-state index contributed by atoms with van der Waals surface area (Å²) in [6.07, 6.45) is 17.3. The molecule has 8 rings (SSSR count). The number of rotatable bonds is 10. The predicted octanol–water partition coefficient (Wildman–Crippen LogP) is 18.4. The molecule has 0 spiro atoms. The zero-order chi connectivity index (χ0) is 44.8. The van der Waals surface area contributed by atoms with Crippen molar-refractivity contribution in [3.05, 3.63) is 129 Å². The van der Waals surface area contributed by atoms with E-state index in [9.17, 15) is 0 Å². The molecule has 4 aliphatic carbocycles. The zero-order valence-electron chi connectivity index (χ0n) is 40.5. The molecule has 0 aromatic heterocycles. The van der Waals surface area contributed by atoms with Gasteiger partial charge in [0.05, 0.1) is 0 Å². The van der Waals surface area contributed by atoms with Gasteiger partial charge in [-0.25, -0.2) is 0 Å². The molecule has 0 amide bonds. The van der Waals surface area contributed by atoms with Crippen LogP contribution in [0.2, 0.25) is 8.76 Å². The number of hydrogen-bond donors (Lipinski definition) is 0. The van der Waals surface area contributed by atoms with Crippen LogP contribution in [-0.2, 0) is 28.2 Å². The van der Waals surface area contributed by atoms with Crippen molar-refractivity contribution in [1.29, 1.82) is 0 Å². The number of fused-ring (bicyclic) bond motifs is 2. The quantitative estimate of drug-likeness (QED) is 0.110. The Morgan fingerprint density at radius 1 is 0.523 bits per heavy atom. The third-order valence-electron chi connectivity index (χ3n) is 16.3. The van der Waals surface area contributed by atoms with Crippen LogP contribution in [0.3, 0.4) is 0 Å². The minimum absolute atomic E-state index is 0. The Morgan fingerprint density at radius 2 is 0.877 bits per heavy atom. The molecule has 7 heteroatoms. The van der Waals surface area contributed by atoms with E-state index in [2.05, 4.69) is 150 Å². The van der Waals surface area contributed by atoms with Crippen molar-refractivity contribution in [3.8, 4) is 22.3 Å². The van der Waals surface area contributed by atoms with Crippen molar-refractivity contribution in [3.63, 3.8) is 0 Å². The van der Waals surface area contributed by atoms with E-state index in [0.717, 1.165) is 12.8 Å². The van der Waals surface area contributed by atoms with Gasteiger partial charge in [-0.2, -0.15) is 0 Å². The first-order chi connectivity index (χ1) is 29.8. The Balaban J connectivity index is 0.00000350. The molecule has 2 atom stereocenters. The van der Waals surface area contributed by atoms with E-state index in [0.29, 0.717) is 11.8 Å². The SMILES string of the molecule is CC(C)(C)c1ccc(-c2cccc3c2C=C(CC2CCCCCC2)[CH]3[Zr]([CH3])(=[SiH2])([CH2]CC(F)(F)F)[CH]2C(CC3CCCCCC3)=Cc3c(-c4ccc(C(C)(C)C)cc4)cccc32)cc1.Cl.Cl. The molecule has 0 aliphatic heterocycles. The molecule has 0 nitrogen and oxygen atoms in total. The normalized spacial score (nSPS) is 20.1. The van der Waals surface area contributed by atoms with Crippen LogP contribution < -0.4 is 0 Å². The van der Waals surface area contributed by atoms with Gasteiger partial charge < -0.3 is 0 Å². The Kier molecular flexibility index (Phi) is 16.4. The first kappa shape index (κ1) is 52.2. The van der Waals surface area contributed by atoms with E-state index >= 15 is 13.2 Å². The van der Waals surface area contributed by atoms with Crippen LogP contribution in [-0.4, -0.2) is 13.1 Å². The Morgan fingerprint density at radius 3 is 1.20 bits per heavy atom. The first-order valence-corrected chi connectivity index (χ1v) is 37.8. The molecule has 352 valence electrons. The molecule has 2 unspecified atom stereocenters. The minimum Gasteiger partial charge on any atom is -0.147 e. The second-order valence-electron chi connectivity index (χ2n) is 23.3. The van der Waals surface area contributed by atoms with Crippen LogP contribution in [0.1, 0.15) is 178 Å². The third-order valence-corrected chi connectivity index (χ3v) is 39.2. The summed E-state index contributed by atoms with van der Waals surface area (Å²) in [7, 11) is 0. The second-order valence-corrected chi connectivity index (χ2v) is 51.7. The molecule has 4 aromatic carbocycles. The van der Waals surface area contributed by atoms with Gasteiger partial charge in [-0.1, -0.05) is 0 Å². The first-order valence-electron chi connectivity index (χ1n) is 24.8. The van der Waals surface area contributed by atoms with E-state index in [1.165, 1.54) is 144 Å². The fourth-order valence-electron chi connectivity index (χ4n) is 12.9. The van der Waals surface area contributed by atoms with E-state index in [1.54, 1.807) is 0 Å². The van der Waals surface area contributed by atoms with Crippen LogP contribution >= 0.6 is 24.8 Å². The van der Waals surface area contributed by atoms with Crippen molar-refractivity contribution < 1.29 is 30.6 Å². The number of hydrogen-bond acceptors (Lipinski definition) is 0. The second kappa shape index (κ2) is 20.4. The summed E-state index contributed by atoms with van der Waals surface area (Å²) in [5.74, 6) is 1.16. The van der Waals surface area contributed by atoms with Crippen molar-refractivity contribution in [2.24, 2.45) is 11.8 Å². The van der Waals surface area contributed by atoms with Crippen LogP contribution in [0.15, 0.2) is 96.1 Å². The maximum atomic E-state index is 15.2. The van der Waals surface area contributed by atoms with E-state index in [1.807, 2.05) is 0 Å². The van der Waals surface area contributed by atoms with E-state index < -0.39 is 30.0 Å². The Labute approximate surface area is 405 Å². The molecule has 4 aliphatic rings. The van der Waals surface area contributed by atoms with Gasteiger partial charge in [-0.3, -0.25) is 0 Å². The fraction of sp³-hybridized carbons (Fsp3) is 0.517. The number of halogens is 5. The van der Waals surface area contributed by atoms with Crippen molar-refractivity contribution in [2.45, 2.75) is 171 Å². The molecule has 0 N–H and O–H groups in total. The molecular formula is C58H77Cl2F3SiZr. The summed E-state index contributed by atoms with van der Waals surface area (Å²) in [5, 5.41) is 0. The Hall–Kier alpha value is -2.17. The molecule has 0 radical (unpaired) electrons. The number of allylic oxidation sites excluding steroid dienone is 2. The minimum atomic E-state index is -4.87. The molecule has 65 heavy (non-hydrogen) atoms. The summed E-state index contributed by atoms with van der Waals surface area (Å²) in [5.41, 5.74) is 15.7. The smallest absolute Gasteiger partial charge is 0.147 e. The monoisotopic (exact) mass is 1020 g/mol. The molecule has 0 heterocycles. The molecule has 4 aromatic rings. The van der Waals surface area contributed by atoms with Crippen LogP contribution in [0, 0.1) is 11.8 Å². The summed E-state index contributed by atoms with van der Waals surface area (Å²) in [4.78, 5) is 0.